The monoisotopic (exact) mass is 450 g/mol. The molecule has 0 saturated carbocycles. The van der Waals surface area contributed by atoms with E-state index in [9.17, 15) is 29.9 Å². The number of furan rings is 1. The third-order valence-electron chi connectivity index (χ3n) is 5.30. The van der Waals surface area contributed by atoms with Crippen LogP contribution in [0.15, 0.2) is 70.9 Å². The predicted molar refractivity (Wildman–Crippen MR) is 114 cm³/mol. The van der Waals surface area contributed by atoms with Gasteiger partial charge in [-0.05, 0) is 29.8 Å². The average molecular weight is 450 g/mol. The van der Waals surface area contributed by atoms with Crippen molar-refractivity contribution in [3.63, 3.8) is 0 Å². The second-order valence-electron chi connectivity index (χ2n) is 7.25. The largest absolute Gasteiger partial charge is 0.507 e. The zero-order valence-electron chi connectivity index (χ0n) is 17.3. The van der Waals surface area contributed by atoms with E-state index in [1.54, 1.807) is 12.1 Å². The van der Waals surface area contributed by atoms with Crippen LogP contribution in [0.25, 0.3) is 5.76 Å². The molecule has 1 unspecified atom stereocenters. The number of methoxy groups -OCH3 is 1. The molecule has 10 nitrogen and oxygen atoms in total. The van der Waals surface area contributed by atoms with Crippen LogP contribution in [-0.2, 0) is 16.1 Å². The molecule has 168 valence electrons. The summed E-state index contributed by atoms with van der Waals surface area (Å²) in [5, 5.41) is 32.2. The number of nitro groups is 1. The van der Waals surface area contributed by atoms with Crippen molar-refractivity contribution in [3.05, 3.63) is 93.4 Å². The molecule has 3 aromatic rings. The fraction of sp³-hybridized carbons (Fsp3) is 0.130. The molecule has 1 atom stereocenters. The van der Waals surface area contributed by atoms with E-state index in [1.165, 1.54) is 54.7 Å². The van der Waals surface area contributed by atoms with Gasteiger partial charge in [0.25, 0.3) is 17.4 Å². The highest BCUT2D eigenvalue weighted by atomic mass is 16.6. The van der Waals surface area contributed by atoms with Gasteiger partial charge >= 0.3 is 0 Å². The number of non-ortho nitro benzene ring substituents is 1. The number of rotatable bonds is 6. The van der Waals surface area contributed by atoms with Gasteiger partial charge in [-0.3, -0.25) is 19.7 Å². The minimum absolute atomic E-state index is 0.0101. The molecule has 2 N–H and O–H groups in total. The van der Waals surface area contributed by atoms with E-state index < -0.39 is 28.4 Å². The second kappa shape index (κ2) is 8.50. The van der Waals surface area contributed by atoms with Gasteiger partial charge in [0.1, 0.15) is 11.5 Å². The highest BCUT2D eigenvalue weighted by Crippen LogP contribution is 2.42. The van der Waals surface area contributed by atoms with E-state index in [0.717, 1.165) is 6.07 Å². The molecular weight excluding hydrogens is 432 g/mol. The van der Waals surface area contributed by atoms with Crippen LogP contribution in [0.4, 0.5) is 5.69 Å². The number of Topliss-reactive ketones (excluding diaryl/α,β-unsaturated/α-hetero) is 1. The number of aromatic hydroxyl groups is 1. The van der Waals surface area contributed by atoms with Crippen LogP contribution in [0.5, 0.6) is 11.5 Å². The molecular formula is C23H18N2O8. The number of nitrogens with zero attached hydrogens (tertiary/aromatic N) is 2. The average Bonchev–Trinajstić information content (AvgIpc) is 3.41. The smallest absolute Gasteiger partial charge is 0.296 e. The number of carbonyl (C=O) groups is 2. The highest BCUT2D eigenvalue weighted by Gasteiger charge is 2.46. The first kappa shape index (κ1) is 21.6. The molecule has 2 aromatic carbocycles. The number of carbonyl (C=O) groups excluding carboxylic acids is 2. The number of ketones is 1. The third-order valence-corrected chi connectivity index (χ3v) is 5.30. The first-order valence-corrected chi connectivity index (χ1v) is 9.74. The molecule has 1 aliphatic rings. The maximum Gasteiger partial charge on any atom is 0.296 e. The van der Waals surface area contributed by atoms with Crippen LogP contribution >= 0.6 is 0 Å². The summed E-state index contributed by atoms with van der Waals surface area (Å²) in [4.78, 5) is 37.7. The van der Waals surface area contributed by atoms with Crippen molar-refractivity contribution in [2.45, 2.75) is 12.6 Å². The van der Waals surface area contributed by atoms with Gasteiger partial charge < -0.3 is 24.3 Å². The molecule has 0 aliphatic carbocycles. The first-order chi connectivity index (χ1) is 15.8. The van der Waals surface area contributed by atoms with Crippen LogP contribution in [-0.4, -0.2) is 38.8 Å². The Morgan fingerprint density at radius 2 is 1.97 bits per heavy atom. The third kappa shape index (κ3) is 3.89. The lowest BCUT2D eigenvalue weighted by Gasteiger charge is -2.25. The molecule has 1 amide bonds. The highest BCUT2D eigenvalue weighted by molar-refractivity contribution is 6.46. The van der Waals surface area contributed by atoms with Crippen molar-refractivity contribution in [1.82, 2.24) is 4.90 Å². The summed E-state index contributed by atoms with van der Waals surface area (Å²) in [6.07, 6.45) is 1.42. The Morgan fingerprint density at radius 1 is 1.18 bits per heavy atom. The molecule has 4 rings (SSSR count). The van der Waals surface area contributed by atoms with E-state index >= 15 is 0 Å². The Morgan fingerprint density at radius 3 is 2.64 bits per heavy atom. The quantitative estimate of drug-likeness (QED) is 0.191. The summed E-state index contributed by atoms with van der Waals surface area (Å²) in [5.74, 6) is -2.04. The zero-order chi connectivity index (χ0) is 23.7. The number of ether oxygens (including phenoxy) is 1. The zero-order valence-corrected chi connectivity index (χ0v) is 17.3. The van der Waals surface area contributed by atoms with Crippen LogP contribution < -0.4 is 4.74 Å². The predicted octanol–water partition coefficient (Wildman–Crippen LogP) is 3.52. The van der Waals surface area contributed by atoms with Crippen LogP contribution in [0.2, 0.25) is 0 Å². The summed E-state index contributed by atoms with van der Waals surface area (Å²) in [7, 11) is 1.35. The minimum Gasteiger partial charge on any atom is -0.507 e. The van der Waals surface area contributed by atoms with E-state index in [-0.39, 0.29) is 34.9 Å². The van der Waals surface area contributed by atoms with Crippen LogP contribution in [0, 0.1) is 10.1 Å². The van der Waals surface area contributed by atoms with Crippen molar-refractivity contribution >= 4 is 23.1 Å². The Labute approximate surface area is 187 Å². The molecule has 33 heavy (non-hydrogen) atoms. The molecule has 10 heteroatoms. The second-order valence-corrected chi connectivity index (χ2v) is 7.25. The van der Waals surface area contributed by atoms with E-state index in [2.05, 4.69) is 0 Å². The number of amides is 1. The molecule has 0 bridgehead atoms. The van der Waals surface area contributed by atoms with Gasteiger partial charge in [-0.2, -0.15) is 0 Å². The Hall–Kier alpha value is -4.60. The van der Waals surface area contributed by atoms with Crippen molar-refractivity contribution in [1.29, 1.82) is 0 Å². The van der Waals surface area contributed by atoms with Gasteiger partial charge in [0.2, 0.25) is 0 Å². The Bertz CT molecular complexity index is 1280. The summed E-state index contributed by atoms with van der Waals surface area (Å²) in [6, 6.07) is 11.6. The molecule has 1 aromatic heterocycles. The SMILES string of the molecule is COc1cc(C2C(=C(O)c3cccc([N+](=O)[O-])c3)C(=O)C(=O)N2Cc2ccco2)ccc1O. The van der Waals surface area contributed by atoms with E-state index in [1.807, 2.05) is 0 Å². The number of hydrogen-bond acceptors (Lipinski definition) is 8. The fourth-order valence-electron chi connectivity index (χ4n) is 3.75. The van der Waals surface area contributed by atoms with Gasteiger partial charge in [-0.25, -0.2) is 0 Å². The van der Waals surface area contributed by atoms with Crippen molar-refractivity contribution in [2.75, 3.05) is 7.11 Å². The van der Waals surface area contributed by atoms with Gasteiger partial charge in [0.05, 0.1) is 36.5 Å². The van der Waals surface area contributed by atoms with Crippen molar-refractivity contribution in [3.8, 4) is 11.5 Å². The van der Waals surface area contributed by atoms with Crippen LogP contribution in [0.3, 0.4) is 0 Å². The number of aliphatic hydroxyl groups is 1. The first-order valence-electron chi connectivity index (χ1n) is 9.74. The fourth-order valence-corrected chi connectivity index (χ4v) is 3.75. The van der Waals surface area contributed by atoms with Crippen molar-refractivity contribution < 1.29 is 33.9 Å². The van der Waals surface area contributed by atoms with Crippen LogP contribution in [0.1, 0.15) is 22.9 Å². The molecule has 2 heterocycles. The molecule has 0 radical (unpaired) electrons. The van der Waals surface area contributed by atoms with E-state index in [0.29, 0.717) is 11.3 Å². The number of phenols is 1. The standard InChI is InChI=1S/C23H18N2O8/c1-32-18-11-13(7-8-17(18)26)20-19(21(27)14-4-2-5-15(10-14)25(30)31)22(28)23(29)24(20)12-16-6-3-9-33-16/h2-11,20,26-27H,12H2,1H3. The maximum atomic E-state index is 13.0. The van der Waals surface area contributed by atoms with E-state index in [4.69, 9.17) is 9.15 Å². The molecule has 0 spiro atoms. The molecule has 1 fully saturated rings. The lowest BCUT2D eigenvalue weighted by atomic mass is 9.95. The Balaban J connectivity index is 1.91. The molecule has 1 aliphatic heterocycles. The lowest BCUT2D eigenvalue weighted by molar-refractivity contribution is -0.384. The topological polar surface area (TPSA) is 143 Å². The summed E-state index contributed by atoms with van der Waals surface area (Å²) < 4.78 is 10.5. The molecule has 1 saturated heterocycles. The summed E-state index contributed by atoms with van der Waals surface area (Å²) >= 11 is 0. The lowest BCUT2D eigenvalue weighted by Crippen LogP contribution is -2.29. The van der Waals surface area contributed by atoms with Crippen molar-refractivity contribution in [2.24, 2.45) is 0 Å². The summed E-state index contributed by atoms with van der Waals surface area (Å²) in [5.41, 5.74) is -0.148. The van der Waals surface area contributed by atoms with Gasteiger partial charge in [0.15, 0.2) is 11.5 Å². The number of phenolic OH excluding ortho intramolecular Hbond substituents is 1. The number of benzene rings is 2. The number of aliphatic hydroxyl groups excluding tert-OH is 1. The number of nitro benzene ring substituents is 1. The van der Waals surface area contributed by atoms with Gasteiger partial charge in [-0.15, -0.1) is 0 Å². The van der Waals surface area contributed by atoms with Gasteiger partial charge in [-0.1, -0.05) is 18.2 Å². The Kier molecular flexibility index (Phi) is 5.57. The summed E-state index contributed by atoms with van der Waals surface area (Å²) in [6.45, 7) is -0.0723. The number of hydrogen-bond donors (Lipinski definition) is 2. The maximum absolute atomic E-state index is 13.0. The normalized spacial score (nSPS) is 17.4. The van der Waals surface area contributed by atoms with Gasteiger partial charge in [0, 0.05) is 17.7 Å². The minimum atomic E-state index is -1.07. The number of likely N-dealkylation sites (tertiary alicyclic amines) is 1.